The standard InChI is InChI=1S/C22H27N6O.ClH/c1-25(2)20-9-5-18(6-10-20)13-23-27-15-22(16-29)28(17-27)24-14-19-7-11-21(12-8-19)26(3)4;/h5-15,17,29H,16H2,1-4H3;1H/q+1;/p-1/b23-13+,24-14+;. The van der Waals surface area contributed by atoms with Crippen molar-refractivity contribution in [3.63, 3.8) is 0 Å². The average molecular weight is 427 g/mol. The van der Waals surface area contributed by atoms with Crippen LogP contribution in [0.2, 0.25) is 0 Å². The van der Waals surface area contributed by atoms with Crippen LogP contribution in [0, 0.1) is 0 Å². The monoisotopic (exact) mass is 426 g/mol. The number of rotatable bonds is 7. The van der Waals surface area contributed by atoms with Gasteiger partial charge in [0.05, 0.1) is 12.4 Å². The van der Waals surface area contributed by atoms with Gasteiger partial charge in [0, 0.05) is 39.6 Å². The Morgan fingerprint density at radius 2 is 1.37 bits per heavy atom. The number of hydrogen-bond donors (Lipinski definition) is 1. The van der Waals surface area contributed by atoms with Crippen molar-refractivity contribution >= 4 is 23.8 Å². The number of nitrogens with zero attached hydrogens (tertiary/aromatic N) is 6. The largest absolute Gasteiger partial charge is 1.00 e. The molecular weight excluding hydrogens is 400 g/mol. The van der Waals surface area contributed by atoms with Crippen molar-refractivity contribution in [2.24, 2.45) is 10.2 Å². The third-order valence-corrected chi connectivity index (χ3v) is 4.46. The van der Waals surface area contributed by atoms with Crippen LogP contribution >= 0.6 is 0 Å². The molecule has 0 aliphatic rings. The van der Waals surface area contributed by atoms with Gasteiger partial charge >= 0.3 is 0 Å². The van der Waals surface area contributed by atoms with E-state index in [2.05, 4.69) is 15.1 Å². The zero-order valence-corrected chi connectivity index (χ0v) is 18.4. The fourth-order valence-corrected chi connectivity index (χ4v) is 2.69. The predicted octanol–water partition coefficient (Wildman–Crippen LogP) is -0.832. The molecule has 0 unspecified atom stereocenters. The molecule has 0 atom stereocenters. The highest BCUT2D eigenvalue weighted by Crippen LogP contribution is 2.12. The number of aliphatic hydroxyl groups excluding tert-OH is 1. The SMILES string of the molecule is CN(C)c1ccc(/C=N/n2c[n+](/N=C/c3ccc(N(C)C)cc3)cc2CO)cc1.[Cl-]. The maximum atomic E-state index is 9.62. The normalized spacial score (nSPS) is 11.1. The van der Waals surface area contributed by atoms with Gasteiger partial charge in [0.1, 0.15) is 6.61 Å². The lowest BCUT2D eigenvalue weighted by Crippen LogP contribution is -3.00. The molecule has 0 aliphatic heterocycles. The summed E-state index contributed by atoms with van der Waals surface area (Å²) in [5.74, 6) is 0. The van der Waals surface area contributed by atoms with E-state index in [4.69, 9.17) is 0 Å². The molecule has 1 heterocycles. The molecular formula is C22H27ClN6O. The molecule has 0 amide bonds. The summed E-state index contributed by atoms with van der Waals surface area (Å²) in [5, 5.41) is 18.5. The van der Waals surface area contributed by atoms with Crippen molar-refractivity contribution in [3.05, 3.63) is 77.9 Å². The van der Waals surface area contributed by atoms with Crippen LogP contribution in [-0.2, 0) is 6.61 Å². The van der Waals surface area contributed by atoms with Gasteiger partial charge in [0.15, 0.2) is 11.9 Å². The Hall–Kier alpha value is -3.16. The highest BCUT2D eigenvalue weighted by molar-refractivity contribution is 5.80. The molecule has 1 N–H and O–H groups in total. The topological polar surface area (TPSA) is 60.2 Å². The number of halogens is 1. The van der Waals surface area contributed by atoms with E-state index in [1.54, 1.807) is 34.3 Å². The summed E-state index contributed by atoms with van der Waals surface area (Å²) in [6.07, 6.45) is 7.00. The Morgan fingerprint density at radius 1 is 0.867 bits per heavy atom. The van der Waals surface area contributed by atoms with Gasteiger partial charge in [-0.3, -0.25) is 0 Å². The number of anilines is 2. The van der Waals surface area contributed by atoms with Gasteiger partial charge in [-0.25, -0.2) is 0 Å². The van der Waals surface area contributed by atoms with E-state index in [-0.39, 0.29) is 19.0 Å². The quantitative estimate of drug-likeness (QED) is 0.396. The van der Waals surface area contributed by atoms with E-state index in [0.29, 0.717) is 5.69 Å². The Kier molecular flexibility index (Phi) is 8.15. The average Bonchev–Trinajstić information content (AvgIpc) is 3.13. The zero-order valence-electron chi connectivity index (χ0n) is 17.6. The molecule has 158 valence electrons. The summed E-state index contributed by atoms with van der Waals surface area (Å²) in [7, 11) is 8.03. The van der Waals surface area contributed by atoms with Crippen molar-refractivity contribution in [1.29, 1.82) is 0 Å². The lowest BCUT2D eigenvalue weighted by molar-refractivity contribution is -0.677. The van der Waals surface area contributed by atoms with Gasteiger partial charge in [0.2, 0.25) is 0 Å². The molecule has 3 aromatic rings. The van der Waals surface area contributed by atoms with Crippen molar-refractivity contribution < 1.29 is 22.2 Å². The first-order chi connectivity index (χ1) is 14.0. The highest BCUT2D eigenvalue weighted by atomic mass is 35.5. The first-order valence-corrected chi connectivity index (χ1v) is 9.33. The van der Waals surface area contributed by atoms with Gasteiger partial charge < -0.3 is 27.3 Å². The van der Waals surface area contributed by atoms with Crippen LogP contribution in [0.5, 0.6) is 0 Å². The zero-order chi connectivity index (χ0) is 20.8. The summed E-state index contributed by atoms with van der Waals surface area (Å²) in [5.41, 5.74) is 4.88. The predicted molar refractivity (Wildman–Crippen MR) is 118 cm³/mol. The molecule has 8 heteroatoms. The van der Waals surface area contributed by atoms with Crippen LogP contribution in [0.15, 0.2) is 71.3 Å². The van der Waals surface area contributed by atoms with Crippen LogP contribution in [0.3, 0.4) is 0 Å². The van der Waals surface area contributed by atoms with Gasteiger partial charge in [-0.2, -0.15) is 0 Å². The molecule has 0 saturated carbocycles. The Morgan fingerprint density at radius 3 is 1.83 bits per heavy atom. The van der Waals surface area contributed by atoms with Gasteiger partial charge in [-0.05, 0) is 35.4 Å². The van der Waals surface area contributed by atoms with Gasteiger partial charge in [-0.15, -0.1) is 9.35 Å². The Balaban J connectivity index is 0.00000320. The molecule has 0 aliphatic carbocycles. The lowest BCUT2D eigenvalue weighted by Gasteiger charge is -2.11. The molecule has 30 heavy (non-hydrogen) atoms. The molecule has 0 radical (unpaired) electrons. The Bertz CT molecular complexity index is 991. The number of hydrogen-bond acceptors (Lipinski definition) is 5. The second-order valence-electron chi connectivity index (χ2n) is 7.08. The number of imidazole rings is 1. The molecule has 0 bridgehead atoms. The van der Waals surface area contributed by atoms with Gasteiger partial charge in [-0.1, -0.05) is 34.5 Å². The summed E-state index contributed by atoms with van der Waals surface area (Å²) < 4.78 is 3.25. The summed E-state index contributed by atoms with van der Waals surface area (Å²) in [6.45, 7) is -0.128. The van der Waals surface area contributed by atoms with Crippen LogP contribution in [0.1, 0.15) is 16.8 Å². The fraction of sp³-hybridized carbons (Fsp3) is 0.227. The third-order valence-electron chi connectivity index (χ3n) is 4.46. The molecule has 7 nitrogen and oxygen atoms in total. The van der Waals surface area contributed by atoms with Gasteiger partial charge in [0.25, 0.3) is 6.33 Å². The van der Waals surface area contributed by atoms with Crippen LogP contribution < -0.4 is 26.9 Å². The Labute approximate surface area is 183 Å². The maximum Gasteiger partial charge on any atom is 0.295 e. The van der Waals surface area contributed by atoms with Crippen molar-refractivity contribution in [2.45, 2.75) is 6.61 Å². The summed E-state index contributed by atoms with van der Waals surface area (Å²) in [6, 6.07) is 16.2. The maximum absolute atomic E-state index is 9.62. The smallest absolute Gasteiger partial charge is 0.295 e. The highest BCUT2D eigenvalue weighted by Gasteiger charge is 2.11. The molecule has 0 fully saturated rings. The molecule has 0 spiro atoms. The van der Waals surface area contributed by atoms with Crippen LogP contribution in [0.25, 0.3) is 0 Å². The van der Waals surface area contributed by atoms with Crippen LogP contribution in [-0.4, -0.2) is 50.4 Å². The third kappa shape index (κ3) is 5.92. The number of benzene rings is 2. The van der Waals surface area contributed by atoms with E-state index >= 15 is 0 Å². The summed E-state index contributed by atoms with van der Waals surface area (Å²) >= 11 is 0. The molecule has 1 aromatic heterocycles. The van der Waals surface area contributed by atoms with E-state index in [9.17, 15) is 5.11 Å². The first-order valence-electron chi connectivity index (χ1n) is 9.33. The van der Waals surface area contributed by atoms with Crippen molar-refractivity contribution in [3.8, 4) is 0 Å². The summed E-state index contributed by atoms with van der Waals surface area (Å²) in [4.78, 5) is 4.10. The van der Waals surface area contributed by atoms with Crippen molar-refractivity contribution in [2.75, 3.05) is 38.0 Å². The van der Waals surface area contributed by atoms with Crippen molar-refractivity contribution in [1.82, 2.24) is 4.68 Å². The van der Waals surface area contributed by atoms with E-state index in [0.717, 1.165) is 22.5 Å². The molecule has 2 aromatic carbocycles. The molecule has 3 rings (SSSR count). The molecule has 0 saturated heterocycles. The second kappa shape index (κ2) is 10.6. The lowest BCUT2D eigenvalue weighted by atomic mass is 10.2. The minimum absolute atomic E-state index is 0. The van der Waals surface area contributed by atoms with Crippen LogP contribution in [0.4, 0.5) is 11.4 Å². The number of aromatic nitrogens is 2. The fourth-order valence-electron chi connectivity index (χ4n) is 2.69. The minimum atomic E-state index is -0.128. The first kappa shape index (κ1) is 23.1. The van der Waals surface area contributed by atoms with E-state index in [1.807, 2.05) is 81.6 Å². The number of aliphatic hydroxyl groups is 1. The second-order valence-corrected chi connectivity index (χ2v) is 7.08. The minimum Gasteiger partial charge on any atom is -1.00 e. The van der Waals surface area contributed by atoms with E-state index < -0.39 is 0 Å². The van der Waals surface area contributed by atoms with E-state index in [1.165, 1.54) is 0 Å².